The maximum Gasteiger partial charge on any atom is 0.510 e. The van der Waals surface area contributed by atoms with Crippen molar-refractivity contribution < 1.29 is 61.6 Å². The fraction of sp³-hybridized carbons (Fsp3) is 0.714. The van der Waals surface area contributed by atoms with E-state index in [4.69, 9.17) is 27.8 Å². The van der Waals surface area contributed by atoms with Crippen molar-refractivity contribution in [1.29, 1.82) is 0 Å². The van der Waals surface area contributed by atoms with E-state index < -0.39 is 86.8 Å². The van der Waals surface area contributed by atoms with Gasteiger partial charge in [-0.25, -0.2) is 28.0 Å². The van der Waals surface area contributed by atoms with E-state index in [0.29, 0.717) is 0 Å². The third kappa shape index (κ3) is 6.69. The molecule has 1 aliphatic carbocycles. The van der Waals surface area contributed by atoms with Crippen LogP contribution in [0.25, 0.3) is 0 Å². The van der Waals surface area contributed by atoms with E-state index in [1.807, 2.05) is 4.98 Å². The predicted octanol–water partition coefficient (Wildman–Crippen LogP) is 0.886. The topological polar surface area (TPSA) is 220 Å². The summed E-state index contributed by atoms with van der Waals surface area (Å²) in [4.78, 5) is 48.9. The maximum absolute atomic E-state index is 13.2. The summed E-state index contributed by atoms with van der Waals surface area (Å²) in [6.07, 6.45) is -3.94. The summed E-state index contributed by atoms with van der Waals surface area (Å²) in [5.74, 6) is 0. The van der Waals surface area contributed by atoms with Crippen molar-refractivity contribution in [2.75, 3.05) is 20.2 Å². The van der Waals surface area contributed by atoms with Gasteiger partial charge in [-0.05, 0) is 34.6 Å². The molecule has 0 spiro atoms. The minimum absolute atomic E-state index is 0.212. The number of hydrogen-bond donors (Lipinski definition) is 3. The molecule has 0 amide bonds. The Balaban J connectivity index is 1.71. The lowest BCUT2D eigenvalue weighted by Gasteiger charge is -2.31. The zero-order valence-electron chi connectivity index (χ0n) is 21.8. The molecule has 2 aliphatic rings. The lowest BCUT2D eigenvalue weighted by atomic mass is 9.94. The van der Waals surface area contributed by atoms with Crippen LogP contribution in [0.1, 0.15) is 47.3 Å². The number of phosphoric ester groups is 1. The number of aromatic amines is 1. The molecule has 3 N–H and O–H groups in total. The third-order valence-electron chi connectivity index (χ3n) is 5.82. The molecule has 3 rings (SSSR count). The molecule has 0 radical (unpaired) electrons. The van der Waals surface area contributed by atoms with Gasteiger partial charge in [0, 0.05) is 18.7 Å². The zero-order chi connectivity index (χ0) is 29.2. The Bertz CT molecular complexity index is 1190. The summed E-state index contributed by atoms with van der Waals surface area (Å²) < 4.78 is 53.9. The first-order valence-electron chi connectivity index (χ1n) is 11.7. The summed E-state index contributed by atoms with van der Waals surface area (Å²) >= 11 is 0. The highest BCUT2D eigenvalue weighted by molar-refractivity contribution is 7.48. The minimum atomic E-state index is -4.70. The molecular weight excluding hydrogens is 551 g/mol. The van der Waals surface area contributed by atoms with E-state index >= 15 is 0 Å². The number of rotatable bonds is 12. The van der Waals surface area contributed by atoms with Gasteiger partial charge in [-0.15, -0.1) is 0 Å². The first-order valence-corrected chi connectivity index (χ1v) is 13.1. The number of ether oxygens (including phenoxy) is 5. The lowest BCUT2D eigenvalue weighted by Crippen LogP contribution is -2.49. The number of aromatic nitrogens is 2. The quantitative estimate of drug-likeness (QED) is 0.177. The number of carbonyl (C=O) groups is 2. The van der Waals surface area contributed by atoms with Crippen molar-refractivity contribution in [2.24, 2.45) is 0 Å². The molecule has 1 aliphatic heterocycles. The van der Waals surface area contributed by atoms with E-state index in [0.717, 1.165) is 16.8 Å². The molecule has 2 fully saturated rings. The van der Waals surface area contributed by atoms with Gasteiger partial charge in [0.25, 0.3) is 5.56 Å². The van der Waals surface area contributed by atoms with Crippen LogP contribution in [-0.4, -0.2) is 81.3 Å². The fourth-order valence-electron chi connectivity index (χ4n) is 3.85. The highest BCUT2D eigenvalue weighted by Crippen LogP contribution is 2.68. The van der Waals surface area contributed by atoms with Crippen LogP contribution < -0.4 is 11.2 Å². The molecule has 18 heteroatoms. The Morgan fingerprint density at radius 2 is 1.62 bits per heavy atom. The van der Waals surface area contributed by atoms with Crippen molar-refractivity contribution in [1.82, 2.24) is 9.55 Å². The normalized spacial score (nSPS) is 27.8. The van der Waals surface area contributed by atoms with Gasteiger partial charge in [-0.3, -0.25) is 18.9 Å². The Labute approximate surface area is 221 Å². The monoisotopic (exact) mass is 582 g/mol. The molecular formula is C21H31N2O15P. The van der Waals surface area contributed by atoms with Gasteiger partial charge in [0.1, 0.15) is 16.8 Å². The van der Waals surface area contributed by atoms with Crippen molar-refractivity contribution in [3.05, 3.63) is 33.1 Å². The van der Waals surface area contributed by atoms with Crippen molar-refractivity contribution in [2.45, 2.75) is 76.3 Å². The number of H-pyrrole nitrogens is 1. The van der Waals surface area contributed by atoms with Crippen LogP contribution in [0, 0.1) is 0 Å². The van der Waals surface area contributed by atoms with Gasteiger partial charge in [-0.2, -0.15) is 0 Å². The van der Waals surface area contributed by atoms with Gasteiger partial charge in [0.05, 0.1) is 18.8 Å². The van der Waals surface area contributed by atoms with Gasteiger partial charge in [-0.1, -0.05) is 0 Å². The SMILES string of the molecule is CC(C)OC(=O)OCOP(=O)(OCOC(=O)OC(C)C)OC[C@]12C[C@]1(O)[C@@](C)(O)[C@H](n1ccc(=O)[nH]c1=O)O2. The third-order valence-corrected chi connectivity index (χ3v) is 7.11. The Kier molecular flexibility index (Phi) is 8.96. The van der Waals surface area contributed by atoms with Crippen molar-refractivity contribution in [3.8, 4) is 0 Å². The Morgan fingerprint density at radius 1 is 1.08 bits per heavy atom. The Hall–Kier alpha value is -2.79. The fourth-order valence-corrected chi connectivity index (χ4v) is 4.81. The number of aliphatic hydroxyl groups is 2. The van der Waals surface area contributed by atoms with Crippen LogP contribution in [0.4, 0.5) is 9.59 Å². The van der Waals surface area contributed by atoms with E-state index in [2.05, 4.69) is 9.47 Å². The highest BCUT2D eigenvalue weighted by atomic mass is 31.2. The van der Waals surface area contributed by atoms with Gasteiger partial charge in [0.15, 0.2) is 6.23 Å². The predicted molar refractivity (Wildman–Crippen MR) is 125 cm³/mol. The summed E-state index contributed by atoms with van der Waals surface area (Å²) in [6, 6.07) is 1.02. The molecule has 17 nitrogen and oxygen atoms in total. The molecule has 2 heterocycles. The molecule has 4 atom stereocenters. The molecule has 0 unspecified atom stereocenters. The summed E-state index contributed by atoms with van der Waals surface area (Å²) in [5.41, 5.74) is -7.36. The standard InChI is InChI=1S/C21H31N2O15P/c1-12(2)36-17(26)31-10-34-39(30,35-11-32-18(27)37-13(3)4)33-9-20-8-21(20,29)19(5,28)15(38-20)23-7-6-14(24)22-16(23)25/h6-7,12-13,15,28-29H,8-11H2,1-5H3,(H,22,24,25)/t15-,19+,20-,21+/m1/s1. The van der Waals surface area contributed by atoms with Crippen LogP contribution in [0.15, 0.2) is 21.9 Å². The van der Waals surface area contributed by atoms with Crippen LogP contribution in [0.3, 0.4) is 0 Å². The smallest absolute Gasteiger partial charge is 0.432 e. The Morgan fingerprint density at radius 3 is 2.10 bits per heavy atom. The number of carbonyl (C=O) groups excluding carboxylic acids is 2. The van der Waals surface area contributed by atoms with Crippen molar-refractivity contribution >= 4 is 20.1 Å². The van der Waals surface area contributed by atoms with Gasteiger partial charge < -0.3 is 33.9 Å². The number of fused-ring (bicyclic) bond motifs is 1. The summed E-state index contributed by atoms with van der Waals surface area (Å²) in [7, 11) is -4.70. The van der Waals surface area contributed by atoms with Crippen LogP contribution >= 0.6 is 7.82 Å². The van der Waals surface area contributed by atoms with Crippen LogP contribution in [0.2, 0.25) is 0 Å². The lowest BCUT2D eigenvalue weighted by molar-refractivity contribution is -0.144. The summed E-state index contributed by atoms with van der Waals surface area (Å²) in [5, 5.41) is 22.2. The number of hydrogen-bond acceptors (Lipinski definition) is 15. The van der Waals surface area contributed by atoms with Gasteiger partial charge in [0.2, 0.25) is 13.6 Å². The zero-order valence-corrected chi connectivity index (χ0v) is 22.7. The van der Waals surface area contributed by atoms with Crippen LogP contribution in [-0.2, 0) is 41.8 Å². The van der Waals surface area contributed by atoms with Crippen molar-refractivity contribution in [3.63, 3.8) is 0 Å². The second-order valence-corrected chi connectivity index (χ2v) is 11.2. The van der Waals surface area contributed by atoms with E-state index in [1.54, 1.807) is 27.7 Å². The first kappa shape index (κ1) is 30.7. The van der Waals surface area contributed by atoms with E-state index in [1.165, 1.54) is 6.92 Å². The van der Waals surface area contributed by atoms with Crippen LogP contribution in [0.5, 0.6) is 0 Å². The molecule has 0 bridgehead atoms. The molecule has 220 valence electrons. The average molecular weight is 582 g/mol. The van der Waals surface area contributed by atoms with Gasteiger partial charge >= 0.3 is 25.8 Å². The second kappa shape index (κ2) is 11.4. The highest BCUT2D eigenvalue weighted by Gasteiger charge is 2.84. The second-order valence-electron chi connectivity index (χ2n) is 9.50. The number of nitrogens with zero attached hydrogens (tertiary/aromatic N) is 1. The molecule has 39 heavy (non-hydrogen) atoms. The molecule has 0 aromatic carbocycles. The largest absolute Gasteiger partial charge is 0.510 e. The first-order chi connectivity index (χ1) is 18.0. The number of phosphoric acid groups is 1. The average Bonchev–Trinajstić information content (AvgIpc) is 3.36. The molecule has 1 aromatic heterocycles. The summed E-state index contributed by atoms with van der Waals surface area (Å²) in [6.45, 7) is 4.80. The minimum Gasteiger partial charge on any atom is -0.432 e. The molecule has 1 saturated carbocycles. The molecule has 1 aromatic rings. The maximum atomic E-state index is 13.2. The number of nitrogens with one attached hydrogen (secondary N) is 1. The van der Waals surface area contributed by atoms with E-state index in [9.17, 15) is 34.0 Å². The molecule has 1 saturated heterocycles. The van der Waals surface area contributed by atoms with E-state index in [-0.39, 0.29) is 6.42 Å².